The van der Waals surface area contributed by atoms with E-state index in [0.717, 1.165) is 14.9 Å². The molecule has 0 aliphatic carbocycles. The van der Waals surface area contributed by atoms with Crippen molar-refractivity contribution < 1.29 is 4.79 Å². The lowest BCUT2D eigenvalue weighted by molar-refractivity contribution is -0.117. The van der Waals surface area contributed by atoms with E-state index in [2.05, 4.69) is 22.0 Å². The Bertz CT molecular complexity index is 531. The predicted octanol–water partition coefficient (Wildman–Crippen LogP) is 4.17. The highest BCUT2D eigenvalue weighted by atomic mass is 79.9. The van der Waals surface area contributed by atoms with Crippen molar-refractivity contribution in [3.63, 3.8) is 0 Å². The van der Waals surface area contributed by atoms with E-state index in [1.54, 1.807) is 11.3 Å². The Kier molecular flexibility index (Phi) is 4.13. The van der Waals surface area contributed by atoms with Crippen LogP contribution in [0.5, 0.6) is 0 Å². The van der Waals surface area contributed by atoms with Crippen LogP contribution in [-0.4, -0.2) is 5.78 Å². The van der Waals surface area contributed by atoms with Gasteiger partial charge in [-0.3, -0.25) is 4.79 Å². The molecule has 0 unspecified atom stereocenters. The summed E-state index contributed by atoms with van der Waals surface area (Å²) in [6.07, 6.45) is 1.04. The van der Waals surface area contributed by atoms with Gasteiger partial charge in [0.05, 0.1) is 0 Å². The maximum atomic E-state index is 11.9. The second-order valence-corrected chi connectivity index (χ2v) is 5.93. The summed E-state index contributed by atoms with van der Waals surface area (Å²) in [4.78, 5) is 13.0. The van der Waals surface area contributed by atoms with Crippen molar-refractivity contribution in [2.75, 3.05) is 0 Å². The Labute approximate surface area is 114 Å². The largest absolute Gasteiger partial charge is 0.299 e. The van der Waals surface area contributed by atoms with E-state index < -0.39 is 0 Å². The van der Waals surface area contributed by atoms with Crippen LogP contribution in [-0.2, 0) is 17.6 Å². The average molecular weight is 309 g/mol. The Morgan fingerprint density at radius 1 is 1.29 bits per heavy atom. The van der Waals surface area contributed by atoms with Gasteiger partial charge in [0.25, 0.3) is 0 Å². The molecule has 0 atom stereocenters. The standard InChI is InChI=1S/C14H13BrOS/c1-10-3-2-4-11(7-10)8-12(16)9-14-13(15)5-6-17-14/h2-7H,8-9H2,1H3. The van der Waals surface area contributed by atoms with Gasteiger partial charge in [-0.05, 0) is 39.9 Å². The minimum atomic E-state index is 0.263. The van der Waals surface area contributed by atoms with E-state index in [-0.39, 0.29) is 5.78 Å². The second-order valence-electron chi connectivity index (χ2n) is 4.07. The fourth-order valence-corrected chi connectivity index (χ4v) is 3.26. The zero-order valence-corrected chi connectivity index (χ0v) is 12.0. The number of carbonyl (C=O) groups is 1. The Morgan fingerprint density at radius 3 is 2.76 bits per heavy atom. The van der Waals surface area contributed by atoms with Gasteiger partial charge in [-0.25, -0.2) is 0 Å². The number of carbonyl (C=O) groups excluding carboxylic acids is 1. The van der Waals surface area contributed by atoms with E-state index in [9.17, 15) is 4.79 Å². The molecule has 0 spiro atoms. The van der Waals surface area contributed by atoms with Gasteiger partial charge in [-0.1, -0.05) is 29.8 Å². The SMILES string of the molecule is Cc1cccc(CC(=O)Cc2sccc2Br)c1. The van der Waals surface area contributed by atoms with Crippen molar-refractivity contribution in [2.24, 2.45) is 0 Å². The Balaban J connectivity index is 2.01. The summed E-state index contributed by atoms with van der Waals surface area (Å²) in [6.45, 7) is 2.05. The second kappa shape index (κ2) is 5.61. The number of hydrogen-bond donors (Lipinski definition) is 0. The molecule has 0 aliphatic rings. The molecule has 88 valence electrons. The minimum Gasteiger partial charge on any atom is -0.299 e. The third kappa shape index (κ3) is 3.51. The minimum absolute atomic E-state index is 0.263. The first kappa shape index (κ1) is 12.5. The molecule has 1 aromatic heterocycles. The Hall–Kier alpha value is -0.930. The molecular formula is C14H13BrOS. The van der Waals surface area contributed by atoms with Crippen molar-refractivity contribution >= 4 is 33.0 Å². The van der Waals surface area contributed by atoms with Crippen LogP contribution in [0.2, 0.25) is 0 Å². The number of thiophene rings is 1. The normalized spacial score (nSPS) is 10.5. The van der Waals surface area contributed by atoms with Gasteiger partial charge in [0.2, 0.25) is 0 Å². The van der Waals surface area contributed by atoms with Crippen LogP contribution in [0.3, 0.4) is 0 Å². The van der Waals surface area contributed by atoms with E-state index in [1.165, 1.54) is 5.56 Å². The lowest BCUT2D eigenvalue weighted by atomic mass is 10.0. The van der Waals surface area contributed by atoms with Gasteiger partial charge in [-0.15, -0.1) is 11.3 Å². The van der Waals surface area contributed by atoms with Crippen LogP contribution in [0.4, 0.5) is 0 Å². The van der Waals surface area contributed by atoms with Crippen LogP contribution in [0.25, 0.3) is 0 Å². The summed E-state index contributed by atoms with van der Waals surface area (Å²) >= 11 is 5.07. The lowest BCUT2D eigenvalue weighted by Gasteiger charge is -2.02. The summed E-state index contributed by atoms with van der Waals surface area (Å²) in [5, 5.41) is 2.00. The molecule has 1 heterocycles. The number of halogens is 1. The molecule has 1 aromatic carbocycles. The molecule has 0 aliphatic heterocycles. The fourth-order valence-electron chi connectivity index (χ4n) is 1.74. The van der Waals surface area contributed by atoms with Crippen molar-refractivity contribution in [3.8, 4) is 0 Å². The number of rotatable bonds is 4. The molecule has 0 N–H and O–H groups in total. The van der Waals surface area contributed by atoms with E-state index >= 15 is 0 Å². The summed E-state index contributed by atoms with van der Waals surface area (Å²) in [5.74, 6) is 0.263. The van der Waals surface area contributed by atoms with Crippen LogP contribution in [0, 0.1) is 6.92 Å². The highest BCUT2D eigenvalue weighted by Gasteiger charge is 2.09. The molecule has 0 saturated carbocycles. The average Bonchev–Trinajstić information content (AvgIpc) is 2.64. The maximum Gasteiger partial charge on any atom is 0.142 e. The van der Waals surface area contributed by atoms with Gasteiger partial charge in [0.1, 0.15) is 5.78 Å². The zero-order chi connectivity index (χ0) is 12.3. The first-order chi connectivity index (χ1) is 8.15. The quantitative estimate of drug-likeness (QED) is 0.828. The van der Waals surface area contributed by atoms with Gasteiger partial charge in [0, 0.05) is 22.2 Å². The highest BCUT2D eigenvalue weighted by Crippen LogP contribution is 2.23. The van der Waals surface area contributed by atoms with Gasteiger partial charge in [0.15, 0.2) is 0 Å². The lowest BCUT2D eigenvalue weighted by Crippen LogP contribution is -2.05. The van der Waals surface area contributed by atoms with Crippen LogP contribution in [0.1, 0.15) is 16.0 Å². The molecule has 0 amide bonds. The summed E-state index contributed by atoms with van der Waals surface area (Å²) < 4.78 is 1.04. The molecule has 2 aromatic rings. The number of hydrogen-bond acceptors (Lipinski definition) is 2. The summed E-state index contributed by atoms with van der Waals surface area (Å²) in [7, 11) is 0. The molecule has 0 saturated heterocycles. The van der Waals surface area contributed by atoms with Crippen molar-refractivity contribution in [1.29, 1.82) is 0 Å². The number of Topliss-reactive ketones (excluding diaryl/α,β-unsaturated/α-hetero) is 1. The third-order valence-electron chi connectivity index (χ3n) is 2.53. The molecule has 17 heavy (non-hydrogen) atoms. The van der Waals surface area contributed by atoms with Crippen LogP contribution < -0.4 is 0 Å². The zero-order valence-electron chi connectivity index (χ0n) is 9.57. The molecule has 3 heteroatoms. The van der Waals surface area contributed by atoms with Crippen molar-refractivity contribution in [2.45, 2.75) is 19.8 Å². The smallest absolute Gasteiger partial charge is 0.142 e. The first-order valence-corrected chi connectivity index (χ1v) is 7.11. The van der Waals surface area contributed by atoms with Gasteiger partial charge in [-0.2, -0.15) is 0 Å². The fraction of sp³-hybridized carbons (Fsp3) is 0.214. The molecular weight excluding hydrogens is 296 g/mol. The summed E-state index contributed by atoms with van der Waals surface area (Å²) in [6, 6.07) is 10.1. The third-order valence-corrected chi connectivity index (χ3v) is 4.46. The number of ketones is 1. The van der Waals surface area contributed by atoms with E-state index in [1.807, 2.05) is 36.6 Å². The van der Waals surface area contributed by atoms with Crippen molar-refractivity contribution in [1.82, 2.24) is 0 Å². The van der Waals surface area contributed by atoms with Gasteiger partial charge < -0.3 is 0 Å². The van der Waals surface area contributed by atoms with Gasteiger partial charge >= 0.3 is 0 Å². The van der Waals surface area contributed by atoms with Crippen LogP contribution >= 0.6 is 27.3 Å². The topological polar surface area (TPSA) is 17.1 Å². The van der Waals surface area contributed by atoms with Crippen molar-refractivity contribution in [3.05, 3.63) is 56.2 Å². The summed E-state index contributed by atoms with van der Waals surface area (Å²) in [5.41, 5.74) is 2.30. The van der Waals surface area contributed by atoms with Crippen LogP contribution in [0.15, 0.2) is 40.2 Å². The maximum absolute atomic E-state index is 11.9. The highest BCUT2D eigenvalue weighted by molar-refractivity contribution is 9.10. The molecule has 0 bridgehead atoms. The van der Waals surface area contributed by atoms with E-state index in [4.69, 9.17) is 0 Å². The van der Waals surface area contributed by atoms with E-state index in [0.29, 0.717) is 12.8 Å². The Morgan fingerprint density at radius 2 is 2.12 bits per heavy atom. The monoisotopic (exact) mass is 308 g/mol. The number of benzene rings is 1. The molecule has 2 rings (SSSR count). The number of aryl methyl sites for hydroxylation is 1. The molecule has 0 radical (unpaired) electrons. The first-order valence-electron chi connectivity index (χ1n) is 5.44. The molecule has 0 fully saturated rings. The molecule has 1 nitrogen and oxygen atoms in total. The predicted molar refractivity (Wildman–Crippen MR) is 75.6 cm³/mol.